The second-order valence-electron chi connectivity index (χ2n) is 6.04. The molecule has 0 bridgehead atoms. The van der Waals surface area contributed by atoms with E-state index in [0.717, 1.165) is 29.2 Å². The van der Waals surface area contributed by atoms with Crippen LogP contribution in [-0.4, -0.2) is 29.2 Å². The van der Waals surface area contributed by atoms with E-state index < -0.39 is 36.0 Å². The first-order valence-corrected chi connectivity index (χ1v) is 7.74. The fourth-order valence-corrected chi connectivity index (χ4v) is 3.11. The summed E-state index contributed by atoms with van der Waals surface area (Å²) >= 11 is 0. The first kappa shape index (κ1) is 17.2. The SMILES string of the molecule is O=C(CN1C(=O)[C@H]2CC=CC[C@H]2C1=O)Nc1ccc(C(F)(F)F)cc1. The molecular weight excluding hydrogens is 337 g/mol. The number of fused-ring (bicyclic) bond motifs is 1. The number of nitrogens with one attached hydrogen (secondary N) is 1. The maximum Gasteiger partial charge on any atom is 0.416 e. The van der Waals surface area contributed by atoms with Gasteiger partial charge in [-0.05, 0) is 37.1 Å². The van der Waals surface area contributed by atoms with Crippen molar-refractivity contribution in [2.75, 3.05) is 11.9 Å². The van der Waals surface area contributed by atoms with Crippen LogP contribution in [0.4, 0.5) is 18.9 Å². The van der Waals surface area contributed by atoms with Crippen molar-refractivity contribution < 1.29 is 27.6 Å². The number of hydrogen-bond donors (Lipinski definition) is 1. The van der Waals surface area contributed by atoms with Gasteiger partial charge in [-0.15, -0.1) is 0 Å². The van der Waals surface area contributed by atoms with Crippen LogP contribution in [0.25, 0.3) is 0 Å². The molecular formula is C17H15F3N2O3. The molecule has 1 aliphatic carbocycles. The Morgan fingerprint density at radius 2 is 1.56 bits per heavy atom. The molecule has 1 heterocycles. The Hall–Kier alpha value is -2.64. The minimum absolute atomic E-state index is 0.163. The molecule has 1 fully saturated rings. The lowest BCUT2D eigenvalue weighted by atomic mass is 9.85. The Kier molecular flexibility index (Phi) is 4.36. The number of hydrogen-bond acceptors (Lipinski definition) is 3. The van der Waals surface area contributed by atoms with Gasteiger partial charge in [0.25, 0.3) is 0 Å². The van der Waals surface area contributed by atoms with E-state index in [0.29, 0.717) is 12.8 Å². The van der Waals surface area contributed by atoms with Crippen LogP contribution >= 0.6 is 0 Å². The van der Waals surface area contributed by atoms with Crippen LogP contribution in [0.2, 0.25) is 0 Å². The number of amides is 3. The molecule has 1 aliphatic heterocycles. The number of anilines is 1. The molecule has 132 valence electrons. The Morgan fingerprint density at radius 1 is 1.04 bits per heavy atom. The van der Waals surface area contributed by atoms with Gasteiger partial charge in [-0.2, -0.15) is 13.2 Å². The van der Waals surface area contributed by atoms with E-state index in [1.54, 1.807) is 0 Å². The molecule has 0 unspecified atom stereocenters. The lowest BCUT2D eigenvalue weighted by molar-refractivity contribution is -0.142. The zero-order valence-corrected chi connectivity index (χ0v) is 13.0. The van der Waals surface area contributed by atoms with Gasteiger partial charge in [0.05, 0.1) is 17.4 Å². The fraction of sp³-hybridized carbons (Fsp3) is 0.353. The minimum atomic E-state index is -4.46. The summed E-state index contributed by atoms with van der Waals surface area (Å²) in [4.78, 5) is 37.5. The van der Waals surface area contributed by atoms with Crippen molar-refractivity contribution in [3.63, 3.8) is 0 Å². The van der Waals surface area contributed by atoms with Crippen LogP contribution in [0.5, 0.6) is 0 Å². The average Bonchev–Trinajstić information content (AvgIpc) is 2.80. The topological polar surface area (TPSA) is 66.5 Å². The molecule has 1 aromatic rings. The van der Waals surface area contributed by atoms with Gasteiger partial charge < -0.3 is 5.32 Å². The van der Waals surface area contributed by atoms with E-state index in [2.05, 4.69) is 5.32 Å². The van der Waals surface area contributed by atoms with Gasteiger partial charge in [0, 0.05) is 5.69 Å². The lowest BCUT2D eigenvalue weighted by Gasteiger charge is -2.14. The number of imide groups is 1. The lowest BCUT2D eigenvalue weighted by Crippen LogP contribution is -2.38. The van der Waals surface area contributed by atoms with Crippen LogP contribution < -0.4 is 5.32 Å². The van der Waals surface area contributed by atoms with E-state index in [4.69, 9.17) is 0 Å². The maximum absolute atomic E-state index is 12.5. The van der Waals surface area contributed by atoms with Gasteiger partial charge in [-0.3, -0.25) is 19.3 Å². The molecule has 2 atom stereocenters. The first-order chi connectivity index (χ1) is 11.8. The van der Waals surface area contributed by atoms with Gasteiger partial charge in [0.2, 0.25) is 17.7 Å². The van der Waals surface area contributed by atoms with Crippen LogP contribution in [0.3, 0.4) is 0 Å². The third kappa shape index (κ3) is 3.42. The number of allylic oxidation sites excluding steroid dienone is 2. The largest absolute Gasteiger partial charge is 0.416 e. The zero-order chi connectivity index (χ0) is 18.2. The summed E-state index contributed by atoms with van der Waals surface area (Å²) in [7, 11) is 0. The molecule has 2 aliphatic rings. The number of benzene rings is 1. The number of carbonyl (C=O) groups excluding carboxylic acids is 3. The molecule has 25 heavy (non-hydrogen) atoms. The summed E-state index contributed by atoms with van der Waals surface area (Å²) in [6, 6.07) is 3.94. The molecule has 5 nitrogen and oxygen atoms in total. The number of rotatable bonds is 3. The van der Waals surface area contributed by atoms with E-state index in [-0.39, 0.29) is 17.5 Å². The van der Waals surface area contributed by atoms with Crippen molar-refractivity contribution in [3.05, 3.63) is 42.0 Å². The molecule has 0 radical (unpaired) electrons. The van der Waals surface area contributed by atoms with Crippen molar-refractivity contribution in [2.24, 2.45) is 11.8 Å². The van der Waals surface area contributed by atoms with Gasteiger partial charge in [-0.1, -0.05) is 12.2 Å². The van der Waals surface area contributed by atoms with Crippen LogP contribution in [0, 0.1) is 11.8 Å². The smallest absolute Gasteiger partial charge is 0.325 e. The van der Waals surface area contributed by atoms with E-state index in [1.807, 2.05) is 12.2 Å². The maximum atomic E-state index is 12.5. The highest BCUT2D eigenvalue weighted by atomic mass is 19.4. The standard InChI is InChI=1S/C17H15F3N2O3/c18-17(19,20)10-5-7-11(8-6-10)21-14(23)9-22-15(24)12-3-1-2-4-13(12)16(22)25/h1-2,5-8,12-13H,3-4,9H2,(H,21,23)/t12-,13+. The van der Waals surface area contributed by atoms with Crippen LogP contribution in [0.1, 0.15) is 18.4 Å². The Labute approximate surface area is 141 Å². The quantitative estimate of drug-likeness (QED) is 0.672. The van der Waals surface area contributed by atoms with Crippen molar-refractivity contribution in [2.45, 2.75) is 19.0 Å². The van der Waals surface area contributed by atoms with Gasteiger partial charge in [0.1, 0.15) is 6.54 Å². The molecule has 8 heteroatoms. The Bertz CT molecular complexity index is 715. The fourth-order valence-electron chi connectivity index (χ4n) is 3.11. The van der Waals surface area contributed by atoms with Crippen LogP contribution in [-0.2, 0) is 20.6 Å². The number of nitrogens with zero attached hydrogens (tertiary/aromatic N) is 1. The highest BCUT2D eigenvalue weighted by molar-refractivity contribution is 6.08. The molecule has 1 aromatic carbocycles. The van der Waals surface area contributed by atoms with Crippen molar-refractivity contribution >= 4 is 23.4 Å². The van der Waals surface area contributed by atoms with Gasteiger partial charge >= 0.3 is 6.18 Å². The molecule has 1 saturated heterocycles. The number of carbonyl (C=O) groups is 3. The number of likely N-dealkylation sites (tertiary alicyclic amines) is 1. The first-order valence-electron chi connectivity index (χ1n) is 7.74. The second-order valence-corrected chi connectivity index (χ2v) is 6.04. The summed E-state index contributed by atoms with van der Waals surface area (Å²) in [6.45, 7) is -0.439. The zero-order valence-electron chi connectivity index (χ0n) is 13.0. The molecule has 1 N–H and O–H groups in total. The third-order valence-electron chi connectivity index (χ3n) is 4.40. The van der Waals surface area contributed by atoms with Gasteiger partial charge in [0.15, 0.2) is 0 Å². The molecule has 0 spiro atoms. The minimum Gasteiger partial charge on any atom is -0.325 e. The van der Waals surface area contributed by atoms with Crippen molar-refractivity contribution in [1.82, 2.24) is 4.90 Å². The van der Waals surface area contributed by atoms with Crippen LogP contribution in [0.15, 0.2) is 36.4 Å². The predicted octanol–water partition coefficient (Wildman–Crippen LogP) is 2.60. The molecule has 3 amide bonds. The number of alkyl halides is 3. The van der Waals surface area contributed by atoms with E-state index in [1.165, 1.54) is 0 Å². The third-order valence-corrected chi connectivity index (χ3v) is 4.40. The Balaban J connectivity index is 1.63. The summed E-state index contributed by atoms with van der Waals surface area (Å²) in [5.74, 6) is -2.22. The number of halogens is 3. The summed E-state index contributed by atoms with van der Waals surface area (Å²) in [6.07, 6.45) is 0.191. The average molecular weight is 352 g/mol. The summed E-state index contributed by atoms with van der Waals surface area (Å²) < 4.78 is 37.5. The highest BCUT2D eigenvalue weighted by Crippen LogP contribution is 2.35. The normalized spacial score (nSPS) is 22.9. The summed E-state index contributed by atoms with van der Waals surface area (Å²) in [5.41, 5.74) is -0.664. The highest BCUT2D eigenvalue weighted by Gasteiger charge is 2.47. The van der Waals surface area contributed by atoms with Crippen molar-refractivity contribution in [3.8, 4) is 0 Å². The van der Waals surface area contributed by atoms with Gasteiger partial charge in [-0.25, -0.2) is 0 Å². The Morgan fingerprint density at radius 3 is 2.04 bits per heavy atom. The molecule has 0 saturated carbocycles. The monoisotopic (exact) mass is 352 g/mol. The second kappa shape index (κ2) is 6.34. The summed E-state index contributed by atoms with van der Waals surface area (Å²) in [5, 5.41) is 2.40. The molecule has 0 aromatic heterocycles. The predicted molar refractivity (Wildman–Crippen MR) is 82.1 cm³/mol. The van der Waals surface area contributed by atoms with Crippen molar-refractivity contribution in [1.29, 1.82) is 0 Å². The van der Waals surface area contributed by atoms with E-state index >= 15 is 0 Å². The molecule has 3 rings (SSSR count). The van der Waals surface area contributed by atoms with E-state index in [9.17, 15) is 27.6 Å².